The number of hydrogen-bond donors (Lipinski definition) is 0. The van der Waals surface area contributed by atoms with Gasteiger partial charge in [-0.05, 0) is 11.8 Å². The van der Waals surface area contributed by atoms with Crippen LogP contribution in [0.15, 0.2) is 30.3 Å². The Labute approximate surface area is 102 Å². The van der Waals surface area contributed by atoms with Crippen molar-refractivity contribution in [1.29, 1.82) is 0 Å². The first-order valence-corrected chi connectivity index (χ1v) is 7.14. The quantitative estimate of drug-likeness (QED) is 0.797. The van der Waals surface area contributed by atoms with E-state index in [1.807, 2.05) is 11.8 Å². The summed E-state index contributed by atoms with van der Waals surface area (Å²) in [5.74, 6) is 1.10. The van der Waals surface area contributed by atoms with E-state index >= 15 is 0 Å². The van der Waals surface area contributed by atoms with Gasteiger partial charge in [-0.2, -0.15) is 11.8 Å². The summed E-state index contributed by atoms with van der Waals surface area (Å²) in [7, 11) is 0. The monoisotopic (exact) mass is 237 g/mol. The predicted octanol–water partition coefficient (Wildman–Crippen LogP) is 2.25. The van der Waals surface area contributed by atoms with Crippen LogP contribution < -0.4 is 0 Å². The van der Waals surface area contributed by atoms with E-state index in [0.717, 1.165) is 32.0 Å². The van der Waals surface area contributed by atoms with E-state index in [1.165, 1.54) is 5.56 Å². The van der Waals surface area contributed by atoms with Gasteiger partial charge in [0.1, 0.15) is 0 Å². The smallest absolute Gasteiger partial charge is 0.0792 e. The van der Waals surface area contributed by atoms with Crippen molar-refractivity contribution in [2.24, 2.45) is 0 Å². The topological polar surface area (TPSA) is 12.5 Å². The molecule has 3 heteroatoms. The third-order valence-corrected chi connectivity index (χ3v) is 3.53. The van der Waals surface area contributed by atoms with Gasteiger partial charge in [-0.3, -0.25) is 4.90 Å². The molecule has 2 nitrogen and oxygen atoms in total. The van der Waals surface area contributed by atoms with Crippen LogP contribution in [-0.2, 0) is 11.3 Å². The van der Waals surface area contributed by atoms with Crippen LogP contribution in [0, 0.1) is 0 Å². The van der Waals surface area contributed by atoms with Crippen molar-refractivity contribution in [3.05, 3.63) is 35.9 Å². The van der Waals surface area contributed by atoms with Crippen LogP contribution in [0.5, 0.6) is 0 Å². The summed E-state index contributed by atoms with van der Waals surface area (Å²) in [5, 5.41) is 0. The first-order chi connectivity index (χ1) is 7.88. The molecule has 0 bridgehead atoms. The van der Waals surface area contributed by atoms with Crippen molar-refractivity contribution in [3.63, 3.8) is 0 Å². The lowest BCUT2D eigenvalue weighted by atomic mass is 10.2. The van der Waals surface area contributed by atoms with Gasteiger partial charge in [-0.15, -0.1) is 0 Å². The summed E-state index contributed by atoms with van der Waals surface area (Å²) in [6, 6.07) is 10.7. The molecule has 0 N–H and O–H groups in total. The third-order valence-electron chi connectivity index (χ3n) is 2.82. The molecule has 1 aromatic carbocycles. The fraction of sp³-hybridized carbons (Fsp3) is 0.538. The molecule has 0 aromatic heterocycles. The number of benzene rings is 1. The van der Waals surface area contributed by atoms with Crippen LogP contribution >= 0.6 is 11.8 Å². The lowest BCUT2D eigenvalue weighted by Crippen LogP contribution is -2.42. The molecule has 1 atom stereocenters. The predicted molar refractivity (Wildman–Crippen MR) is 69.8 cm³/mol. The summed E-state index contributed by atoms with van der Waals surface area (Å²) in [4.78, 5) is 2.49. The number of hydrogen-bond acceptors (Lipinski definition) is 3. The van der Waals surface area contributed by atoms with Crippen LogP contribution in [0.2, 0.25) is 0 Å². The van der Waals surface area contributed by atoms with Crippen LogP contribution in [-0.4, -0.2) is 42.7 Å². The molecule has 2 rings (SSSR count). The van der Waals surface area contributed by atoms with Crippen LogP contribution in [0.3, 0.4) is 0 Å². The van der Waals surface area contributed by atoms with Crippen molar-refractivity contribution in [2.75, 3.05) is 31.7 Å². The second-order valence-corrected chi connectivity index (χ2v) is 5.08. The summed E-state index contributed by atoms with van der Waals surface area (Å²) < 4.78 is 5.72. The molecule has 1 aromatic rings. The minimum atomic E-state index is 0.410. The highest BCUT2D eigenvalue weighted by molar-refractivity contribution is 7.98. The Hall–Kier alpha value is -0.510. The molecule has 0 unspecified atom stereocenters. The summed E-state index contributed by atoms with van der Waals surface area (Å²) in [5.41, 5.74) is 1.40. The van der Waals surface area contributed by atoms with E-state index in [4.69, 9.17) is 4.74 Å². The zero-order valence-corrected chi connectivity index (χ0v) is 10.6. The SMILES string of the molecule is CSC[C@@H]1CN(Cc2ccccc2)CCO1. The van der Waals surface area contributed by atoms with Crippen LogP contribution in [0.25, 0.3) is 0 Å². The average molecular weight is 237 g/mol. The fourth-order valence-corrected chi connectivity index (χ4v) is 2.63. The maximum Gasteiger partial charge on any atom is 0.0792 e. The van der Waals surface area contributed by atoms with Gasteiger partial charge in [-0.25, -0.2) is 0 Å². The van der Waals surface area contributed by atoms with Gasteiger partial charge in [0.15, 0.2) is 0 Å². The first kappa shape index (κ1) is 12.0. The highest BCUT2D eigenvalue weighted by atomic mass is 32.2. The first-order valence-electron chi connectivity index (χ1n) is 5.75. The van der Waals surface area contributed by atoms with Crippen molar-refractivity contribution < 1.29 is 4.74 Å². The normalized spacial score (nSPS) is 22.2. The van der Waals surface area contributed by atoms with E-state index in [-0.39, 0.29) is 0 Å². The minimum Gasteiger partial charge on any atom is -0.375 e. The van der Waals surface area contributed by atoms with Crippen molar-refractivity contribution >= 4 is 11.8 Å². The largest absolute Gasteiger partial charge is 0.375 e. The molecule has 88 valence electrons. The molecule has 0 radical (unpaired) electrons. The highest BCUT2D eigenvalue weighted by Gasteiger charge is 2.19. The Morgan fingerprint density at radius 2 is 2.19 bits per heavy atom. The Morgan fingerprint density at radius 1 is 1.38 bits per heavy atom. The van der Waals surface area contributed by atoms with Gasteiger partial charge in [0.05, 0.1) is 12.7 Å². The van der Waals surface area contributed by atoms with Crippen LogP contribution in [0.4, 0.5) is 0 Å². The Bertz CT molecular complexity index is 302. The van der Waals surface area contributed by atoms with E-state index in [2.05, 4.69) is 41.5 Å². The standard InChI is InChI=1S/C13H19NOS/c1-16-11-13-10-14(7-8-15-13)9-12-5-3-2-4-6-12/h2-6,13H,7-11H2,1H3/t13-/m0/s1. The lowest BCUT2D eigenvalue weighted by Gasteiger charge is -2.32. The molecule has 0 spiro atoms. The average Bonchev–Trinajstić information content (AvgIpc) is 2.31. The van der Waals surface area contributed by atoms with E-state index < -0.39 is 0 Å². The van der Waals surface area contributed by atoms with Gasteiger partial charge in [-0.1, -0.05) is 30.3 Å². The van der Waals surface area contributed by atoms with Crippen molar-refractivity contribution in [2.45, 2.75) is 12.6 Å². The second kappa shape index (κ2) is 6.28. The molecule has 0 aliphatic carbocycles. The lowest BCUT2D eigenvalue weighted by molar-refractivity contribution is -0.0186. The number of morpholine rings is 1. The van der Waals surface area contributed by atoms with E-state index in [1.54, 1.807) is 0 Å². The number of ether oxygens (including phenoxy) is 1. The van der Waals surface area contributed by atoms with Gasteiger partial charge >= 0.3 is 0 Å². The molecule has 1 fully saturated rings. The molecule has 1 aliphatic heterocycles. The number of nitrogens with zero attached hydrogens (tertiary/aromatic N) is 1. The second-order valence-electron chi connectivity index (χ2n) is 4.17. The zero-order chi connectivity index (χ0) is 11.2. The van der Waals surface area contributed by atoms with Gasteiger partial charge in [0, 0.05) is 25.4 Å². The Balaban J connectivity index is 1.85. The molecular weight excluding hydrogens is 218 g/mol. The molecule has 1 heterocycles. The van der Waals surface area contributed by atoms with Gasteiger partial charge in [0.25, 0.3) is 0 Å². The molecule has 0 saturated carbocycles. The molecule has 1 saturated heterocycles. The Kier molecular flexibility index (Phi) is 4.69. The van der Waals surface area contributed by atoms with Gasteiger partial charge in [0.2, 0.25) is 0 Å². The third kappa shape index (κ3) is 3.51. The highest BCUT2D eigenvalue weighted by Crippen LogP contribution is 2.12. The van der Waals surface area contributed by atoms with E-state index in [0.29, 0.717) is 6.10 Å². The van der Waals surface area contributed by atoms with Crippen LogP contribution in [0.1, 0.15) is 5.56 Å². The number of rotatable bonds is 4. The zero-order valence-electron chi connectivity index (χ0n) is 9.76. The molecule has 1 aliphatic rings. The molecule has 0 amide bonds. The summed E-state index contributed by atoms with van der Waals surface area (Å²) in [6.45, 7) is 4.04. The van der Waals surface area contributed by atoms with Crippen molar-refractivity contribution in [1.82, 2.24) is 4.90 Å². The van der Waals surface area contributed by atoms with Gasteiger partial charge < -0.3 is 4.74 Å². The number of thioether (sulfide) groups is 1. The maximum absolute atomic E-state index is 5.72. The van der Waals surface area contributed by atoms with Crippen molar-refractivity contribution in [3.8, 4) is 0 Å². The van der Waals surface area contributed by atoms with E-state index in [9.17, 15) is 0 Å². The Morgan fingerprint density at radius 3 is 2.94 bits per heavy atom. The summed E-state index contributed by atoms with van der Waals surface area (Å²) >= 11 is 1.86. The fourth-order valence-electron chi connectivity index (χ4n) is 2.05. The molecule has 16 heavy (non-hydrogen) atoms. The summed E-state index contributed by atoms with van der Waals surface area (Å²) in [6.07, 6.45) is 2.55. The molecular formula is C13H19NOS. The minimum absolute atomic E-state index is 0.410. The maximum atomic E-state index is 5.72.